The number of anilines is 1. The van der Waals surface area contributed by atoms with Gasteiger partial charge in [-0.3, -0.25) is 9.78 Å². The summed E-state index contributed by atoms with van der Waals surface area (Å²) >= 11 is 0. The molecule has 1 amide bonds. The highest BCUT2D eigenvalue weighted by molar-refractivity contribution is 5.86. The van der Waals surface area contributed by atoms with Gasteiger partial charge in [0.1, 0.15) is 6.61 Å². The van der Waals surface area contributed by atoms with Gasteiger partial charge in [0.2, 0.25) is 5.95 Å². The average molecular weight is 485 g/mol. The van der Waals surface area contributed by atoms with Gasteiger partial charge >= 0.3 is 6.09 Å². The maximum atomic E-state index is 12.9. The number of carbonyl (C=O) groups is 1. The number of carbonyl (C=O) groups excluding carboxylic acids is 1. The molecule has 0 fully saturated rings. The zero-order valence-corrected chi connectivity index (χ0v) is 21.0. The van der Waals surface area contributed by atoms with Crippen molar-refractivity contribution in [2.75, 3.05) is 53.5 Å². The summed E-state index contributed by atoms with van der Waals surface area (Å²) in [6.07, 6.45) is -0.412. The monoisotopic (exact) mass is 484 g/mol. The summed E-state index contributed by atoms with van der Waals surface area (Å²) in [5, 5.41) is 0.460. The van der Waals surface area contributed by atoms with Crippen molar-refractivity contribution in [1.82, 2.24) is 14.9 Å². The van der Waals surface area contributed by atoms with E-state index in [1.54, 1.807) is 34.3 Å². The van der Waals surface area contributed by atoms with Crippen LogP contribution in [0.15, 0.2) is 35.1 Å². The number of hydrogen-bond donors (Lipinski definition) is 1. The number of rotatable bonds is 10. The Bertz CT molecular complexity index is 1240. The van der Waals surface area contributed by atoms with E-state index >= 15 is 0 Å². The van der Waals surface area contributed by atoms with Crippen molar-refractivity contribution in [3.05, 3.63) is 57.4 Å². The van der Waals surface area contributed by atoms with Gasteiger partial charge in [-0.25, -0.2) is 9.78 Å². The van der Waals surface area contributed by atoms with Crippen LogP contribution in [0.25, 0.3) is 10.9 Å². The lowest BCUT2D eigenvalue weighted by molar-refractivity contribution is 0.0758. The second-order valence-corrected chi connectivity index (χ2v) is 8.16. The van der Waals surface area contributed by atoms with Crippen molar-refractivity contribution >= 4 is 22.9 Å². The van der Waals surface area contributed by atoms with Gasteiger partial charge in [-0.2, -0.15) is 0 Å². The van der Waals surface area contributed by atoms with Crippen LogP contribution in [0.2, 0.25) is 0 Å². The summed E-state index contributed by atoms with van der Waals surface area (Å²) in [6.45, 7) is 3.26. The molecule has 1 heterocycles. The second-order valence-electron chi connectivity index (χ2n) is 8.16. The SMILES string of the molecule is COCCOC(=O)N(C)Cc1cccc(CN(C)c2nc3cc(OC)c(OC)c(C)c3c(=O)[nH]2)c1. The van der Waals surface area contributed by atoms with Crippen molar-refractivity contribution in [3.63, 3.8) is 0 Å². The van der Waals surface area contributed by atoms with Crippen LogP contribution in [-0.2, 0) is 22.6 Å². The normalized spacial score (nSPS) is 10.8. The maximum absolute atomic E-state index is 12.9. The summed E-state index contributed by atoms with van der Waals surface area (Å²) in [6, 6.07) is 9.57. The molecule has 0 unspecified atom stereocenters. The summed E-state index contributed by atoms with van der Waals surface area (Å²) in [4.78, 5) is 35.9. The van der Waals surface area contributed by atoms with Gasteiger partial charge < -0.3 is 28.7 Å². The summed E-state index contributed by atoms with van der Waals surface area (Å²) in [7, 11) is 8.18. The lowest BCUT2D eigenvalue weighted by Crippen LogP contribution is -2.28. The first-order valence-corrected chi connectivity index (χ1v) is 11.1. The van der Waals surface area contributed by atoms with E-state index in [1.807, 2.05) is 36.2 Å². The molecule has 0 saturated carbocycles. The molecule has 10 heteroatoms. The van der Waals surface area contributed by atoms with Crippen LogP contribution >= 0.6 is 0 Å². The zero-order chi connectivity index (χ0) is 25.5. The first kappa shape index (κ1) is 25.8. The summed E-state index contributed by atoms with van der Waals surface area (Å²) < 4.78 is 20.9. The molecule has 3 aromatic rings. The van der Waals surface area contributed by atoms with E-state index in [2.05, 4.69) is 9.97 Å². The Balaban J connectivity index is 1.78. The molecule has 0 aliphatic carbocycles. The average Bonchev–Trinajstić information content (AvgIpc) is 2.83. The third-order valence-electron chi connectivity index (χ3n) is 5.58. The third-order valence-corrected chi connectivity index (χ3v) is 5.58. The van der Waals surface area contributed by atoms with E-state index in [9.17, 15) is 9.59 Å². The molecule has 10 nitrogen and oxygen atoms in total. The van der Waals surface area contributed by atoms with Crippen LogP contribution in [0.3, 0.4) is 0 Å². The highest BCUT2D eigenvalue weighted by Crippen LogP contribution is 2.35. The predicted octanol–water partition coefficient (Wildman–Crippen LogP) is 3.10. The minimum atomic E-state index is -0.412. The van der Waals surface area contributed by atoms with Crippen LogP contribution < -0.4 is 19.9 Å². The Hall–Kier alpha value is -3.79. The van der Waals surface area contributed by atoms with Gasteiger partial charge in [0.15, 0.2) is 11.5 Å². The molecule has 0 aliphatic rings. The molecule has 3 rings (SSSR count). The summed E-state index contributed by atoms with van der Waals surface area (Å²) in [5.41, 5.74) is 2.89. The molecule has 188 valence electrons. The standard InChI is InChI=1S/C25H32N4O6/c1-16-21-19(13-20(33-5)22(16)34-6)26-24(27-23(21)30)28(2)14-17-8-7-9-18(12-17)15-29(3)25(31)35-11-10-32-4/h7-9,12-13H,10-11,14-15H2,1-6H3,(H,26,27,30). The van der Waals surface area contributed by atoms with E-state index in [4.69, 9.17) is 18.9 Å². The lowest BCUT2D eigenvalue weighted by atomic mass is 10.1. The quantitative estimate of drug-likeness (QED) is 0.438. The number of fused-ring (bicyclic) bond motifs is 1. The number of hydrogen-bond acceptors (Lipinski definition) is 8. The Kier molecular flexibility index (Phi) is 8.53. The number of H-pyrrole nitrogens is 1. The maximum Gasteiger partial charge on any atom is 0.409 e. The largest absolute Gasteiger partial charge is 0.493 e. The van der Waals surface area contributed by atoms with E-state index in [0.717, 1.165) is 11.1 Å². The lowest BCUT2D eigenvalue weighted by Gasteiger charge is -2.20. The molecule has 0 radical (unpaired) electrons. The van der Waals surface area contributed by atoms with Gasteiger partial charge in [0, 0.05) is 45.9 Å². The van der Waals surface area contributed by atoms with Crippen LogP contribution in [0.1, 0.15) is 16.7 Å². The Morgan fingerprint density at radius 2 is 1.74 bits per heavy atom. The van der Waals surface area contributed by atoms with Gasteiger partial charge in [-0.1, -0.05) is 24.3 Å². The number of benzene rings is 2. The number of methoxy groups -OCH3 is 3. The van der Waals surface area contributed by atoms with Crippen molar-refractivity contribution in [1.29, 1.82) is 0 Å². The highest BCUT2D eigenvalue weighted by atomic mass is 16.6. The molecule has 2 aromatic carbocycles. The fourth-order valence-corrected chi connectivity index (χ4v) is 3.86. The topological polar surface area (TPSA) is 106 Å². The number of nitrogens with zero attached hydrogens (tertiary/aromatic N) is 3. The minimum absolute atomic E-state index is 0.208. The molecule has 0 aliphatic heterocycles. The predicted molar refractivity (Wildman–Crippen MR) is 133 cm³/mol. The fraction of sp³-hybridized carbons (Fsp3) is 0.400. The molecular weight excluding hydrogens is 452 g/mol. The Labute approximate surface area is 204 Å². The molecule has 0 saturated heterocycles. The van der Waals surface area contributed by atoms with Gasteiger partial charge in [0.05, 0.1) is 31.7 Å². The Morgan fingerprint density at radius 3 is 2.40 bits per heavy atom. The third kappa shape index (κ3) is 6.02. The number of aryl methyl sites for hydroxylation is 1. The highest BCUT2D eigenvalue weighted by Gasteiger charge is 2.17. The molecule has 0 bridgehead atoms. The van der Waals surface area contributed by atoms with Crippen LogP contribution in [0, 0.1) is 6.92 Å². The molecular formula is C25H32N4O6. The number of aromatic amines is 1. The van der Waals surface area contributed by atoms with E-state index in [1.165, 1.54) is 12.0 Å². The summed E-state index contributed by atoms with van der Waals surface area (Å²) in [5.74, 6) is 1.46. The van der Waals surface area contributed by atoms with Crippen LogP contribution in [0.5, 0.6) is 11.5 Å². The number of ether oxygens (including phenoxy) is 4. The van der Waals surface area contributed by atoms with Gasteiger partial charge in [0.25, 0.3) is 5.56 Å². The first-order chi connectivity index (χ1) is 16.8. The van der Waals surface area contributed by atoms with Gasteiger partial charge in [-0.15, -0.1) is 0 Å². The first-order valence-electron chi connectivity index (χ1n) is 11.1. The minimum Gasteiger partial charge on any atom is -0.493 e. The van der Waals surface area contributed by atoms with Crippen molar-refractivity contribution in [2.24, 2.45) is 0 Å². The van der Waals surface area contributed by atoms with E-state index in [-0.39, 0.29) is 12.2 Å². The second kappa shape index (κ2) is 11.6. The zero-order valence-electron chi connectivity index (χ0n) is 21.0. The van der Waals surface area contributed by atoms with Crippen molar-refractivity contribution in [2.45, 2.75) is 20.0 Å². The molecule has 35 heavy (non-hydrogen) atoms. The fourth-order valence-electron chi connectivity index (χ4n) is 3.86. The molecule has 0 spiro atoms. The number of amides is 1. The van der Waals surface area contributed by atoms with Gasteiger partial charge in [-0.05, 0) is 18.1 Å². The van der Waals surface area contributed by atoms with Crippen LogP contribution in [0.4, 0.5) is 10.7 Å². The van der Waals surface area contributed by atoms with E-state index in [0.29, 0.717) is 53.6 Å². The number of aromatic nitrogens is 2. The van der Waals surface area contributed by atoms with E-state index < -0.39 is 6.09 Å². The number of nitrogens with one attached hydrogen (secondary N) is 1. The molecule has 1 aromatic heterocycles. The van der Waals surface area contributed by atoms with Crippen LogP contribution in [-0.4, -0.2) is 69.6 Å². The molecule has 1 N–H and O–H groups in total. The Morgan fingerprint density at radius 1 is 1.03 bits per heavy atom. The van der Waals surface area contributed by atoms with Crippen molar-refractivity contribution in [3.8, 4) is 11.5 Å². The van der Waals surface area contributed by atoms with Crippen molar-refractivity contribution < 1.29 is 23.7 Å². The smallest absolute Gasteiger partial charge is 0.409 e. The molecule has 0 atom stereocenters.